The first-order chi connectivity index (χ1) is 14.6. The van der Waals surface area contributed by atoms with Crippen LogP contribution in [-0.2, 0) is 0 Å². The van der Waals surface area contributed by atoms with Crippen LogP contribution in [0.15, 0.2) is 83.0 Å². The predicted molar refractivity (Wildman–Crippen MR) is 121 cm³/mol. The summed E-state index contributed by atoms with van der Waals surface area (Å²) in [4.78, 5) is 12.7. The first-order valence-corrected chi connectivity index (χ1v) is 10.2. The molecule has 3 aromatic carbocycles. The maximum Gasteiger partial charge on any atom is 0.231 e. The summed E-state index contributed by atoms with van der Waals surface area (Å²) in [6.45, 7) is 0.416. The topological polar surface area (TPSA) is 44.8 Å². The second-order valence-corrected chi connectivity index (χ2v) is 7.52. The van der Waals surface area contributed by atoms with Crippen LogP contribution in [0.25, 0.3) is 12.2 Å². The van der Waals surface area contributed by atoms with Crippen molar-refractivity contribution in [3.05, 3.63) is 99.7 Å². The molecule has 1 heterocycles. The van der Waals surface area contributed by atoms with Gasteiger partial charge in [-0.05, 0) is 48.0 Å². The van der Waals surface area contributed by atoms with Crippen molar-refractivity contribution in [3.63, 3.8) is 0 Å². The van der Waals surface area contributed by atoms with Gasteiger partial charge in [-0.2, -0.15) is 0 Å². The Morgan fingerprint density at radius 3 is 2.67 bits per heavy atom. The maximum absolute atomic E-state index is 12.7. The number of Topliss-reactive ketones (excluding diaryl/α,β-unsaturated/α-hetero) is 1. The van der Waals surface area contributed by atoms with Crippen molar-refractivity contribution >= 4 is 33.9 Å². The van der Waals surface area contributed by atoms with E-state index in [9.17, 15) is 4.79 Å². The average Bonchev–Trinajstić information content (AvgIpc) is 3.07. The quantitative estimate of drug-likeness (QED) is 0.411. The number of ketones is 1. The molecule has 0 aliphatic carbocycles. The van der Waals surface area contributed by atoms with Gasteiger partial charge in [0.25, 0.3) is 0 Å². The SMILES string of the molecule is COc1ccc(Br)cc1C=C1Oc2cc(OCC=Cc3ccccc3)ccc2C1=O. The smallest absolute Gasteiger partial charge is 0.231 e. The van der Waals surface area contributed by atoms with Crippen LogP contribution in [0, 0.1) is 0 Å². The van der Waals surface area contributed by atoms with Crippen LogP contribution in [0.2, 0.25) is 0 Å². The minimum atomic E-state index is -0.164. The highest BCUT2D eigenvalue weighted by Crippen LogP contribution is 2.36. The highest BCUT2D eigenvalue weighted by Gasteiger charge is 2.28. The van der Waals surface area contributed by atoms with E-state index >= 15 is 0 Å². The number of fused-ring (bicyclic) bond motifs is 1. The summed E-state index contributed by atoms with van der Waals surface area (Å²) in [5, 5.41) is 0. The van der Waals surface area contributed by atoms with Gasteiger partial charge in [0.2, 0.25) is 5.78 Å². The van der Waals surface area contributed by atoms with E-state index in [0.29, 0.717) is 29.4 Å². The number of rotatable bonds is 6. The highest BCUT2D eigenvalue weighted by atomic mass is 79.9. The zero-order valence-electron chi connectivity index (χ0n) is 16.3. The summed E-state index contributed by atoms with van der Waals surface area (Å²) in [6, 6.07) is 20.8. The van der Waals surface area contributed by atoms with E-state index in [1.165, 1.54) is 0 Å². The number of methoxy groups -OCH3 is 1. The molecule has 5 heteroatoms. The Morgan fingerprint density at radius 2 is 1.87 bits per heavy atom. The molecule has 0 amide bonds. The third-order valence-corrected chi connectivity index (χ3v) is 5.07. The zero-order chi connectivity index (χ0) is 20.9. The van der Waals surface area contributed by atoms with Crippen molar-refractivity contribution in [1.29, 1.82) is 0 Å². The van der Waals surface area contributed by atoms with Gasteiger partial charge in [0.15, 0.2) is 5.76 Å². The van der Waals surface area contributed by atoms with Crippen LogP contribution in [0.4, 0.5) is 0 Å². The van der Waals surface area contributed by atoms with Gasteiger partial charge < -0.3 is 14.2 Å². The number of ether oxygens (including phenoxy) is 3. The lowest BCUT2D eigenvalue weighted by atomic mass is 10.1. The maximum atomic E-state index is 12.7. The molecule has 0 bridgehead atoms. The first kappa shape index (κ1) is 20.0. The van der Waals surface area contributed by atoms with Gasteiger partial charge in [-0.15, -0.1) is 0 Å². The molecule has 0 aromatic heterocycles. The minimum absolute atomic E-state index is 0.164. The van der Waals surface area contributed by atoms with Crippen molar-refractivity contribution in [2.45, 2.75) is 0 Å². The lowest BCUT2D eigenvalue weighted by Crippen LogP contribution is -1.98. The summed E-state index contributed by atoms with van der Waals surface area (Å²) in [7, 11) is 1.59. The number of halogens is 1. The second kappa shape index (κ2) is 9.01. The van der Waals surface area contributed by atoms with Crippen molar-refractivity contribution in [2.75, 3.05) is 13.7 Å². The Hall–Kier alpha value is -3.31. The molecular weight excluding hydrogens is 444 g/mol. The number of allylic oxidation sites excluding steroid dienone is 1. The molecule has 0 saturated heterocycles. The van der Waals surface area contributed by atoms with Crippen molar-refractivity contribution < 1.29 is 19.0 Å². The van der Waals surface area contributed by atoms with E-state index in [0.717, 1.165) is 15.6 Å². The molecule has 0 unspecified atom stereocenters. The first-order valence-electron chi connectivity index (χ1n) is 9.40. The van der Waals surface area contributed by atoms with Crippen molar-refractivity contribution in [3.8, 4) is 17.2 Å². The molecule has 0 fully saturated rings. The van der Waals surface area contributed by atoms with E-state index < -0.39 is 0 Å². The molecule has 4 rings (SSSR count). The molecular formula is C25H19BrO4. The molecule has 1 aliphatic rings. The Labute approximate surface area is 183 Å². The van der Waals surface area contributed by atoms with E-state index in [1.807, 2.05) is 60.7 Å². The molecule has 150 valence electrons. The third-order valence-electron chi connectivity index (χ3n) is 4.58. The summed E-state index contributed by atoms with van der Waals surface area (Å²) < 4.78 is 17.8. The number of carbonyl (C=O) groups excluding carboxylic acids is 1. The lowest BCUT2D eigenvalue weighted by Gasteiger charge is -2.06. The van der Waals surface area contributed by atoms with Gasteiger partial charge >= 0.3 is 0 Å². The molecule has 3 aromatic rings. The van der Waals surface area contributed by atoms with Crippen LogP contribution in [0.3, 0.4) is 0 Å². The van der Waals surface area contributed by atoms with Crippen LogP contribution in [0.1, 0.15) is 21.5 Å². The zero-order valence-corrected chi connectivity index (χ0v) is 17.9. The van der Waals surface area contributed by atoms with E-state index in [1.54, 1.807) is 31.4 Å². The Kier molecular flexibility index (Phi) is 6.00. The van der Waals surface area contributed by atoms with Crippen molar-refractivity contribution in [1.82, 2.24) is 0 Å². The third kappa shape index (κ3) is 4.47. The summed E-state index contributed by atoms with van der Waals surface area (Å²) >= 11 is 3.44. The molecule has 4 nitrogen and oxygen atoms in total. The van der Waals surface area contributed by atoms with Crippen LogP contribution < -0.4 is 14.2 Å². The summed E-state index contributed by atoms with van der Waals surface area (Å²) in [5.41, 5.74) is 2.38. The Morgan fingerprint density at radius 1 is 1.03 bits per heavy atom. The lowest BCUT2D eigenvalue weighted by molar-refractivity contribution is 0.101. The average molecular weight is 463 g/mol. The van der Waals surface area contributed by atoms with Gasteiger partial charge in [0.05, 0.1) is 12.7 Å². The number of carbonyl (C=O) groups is 1. The summed E-state index contributed by atoms with van der Waals surface area (Å²) in [5.74, 6) is 1.88. The van der Waals surface area contributed by atoms with Crippen molar-refractivity contribution in [2.24, 2.45) is 0 Å². The molecule has 0 N–H and O–H groups in total. The van der Waals surface area contributed by atoms with Gasteiger partial charge in [-0.1, -0.05) is 52.3 Å². The van der Waals surface area contributed by atoms with E-state index in [4.69, 9.17) is 14.2 Å². The van der Waals surface area contributed by atoms with Gasteiger partial charge in [-0.3, -0.25) is 4.79 Å². The van der Waals surface area contributed by atoms with Gasteiger partial charge in [0, 0.05) is 16.1 Å². The van der Waals surface area contributed by atoms with Gasteiger partial charge in [0.1, 0.15) is 23.9 Å². The predicted octanol–water partition coefficient (Wildman–Crippen LogP) is 6.17. The minimum Gasteiger partial charge on any atom is -0.496 e. The fraction of sp³-hybridized carbons (Fsp3) is 0.0800. The van der Waals surface area contributed by atoms with Crippen LogP contribution in [0.5, 0.6) is 17.2 Å². The monoisotopic (exact) mass is 462 g/mol. The molecule has 0 spiro atoms. The number of hydrogen-bond acceptors (Lipinski definition) is 4. The summed E-state index contributed by atoms with van der Waals surface area (Å²) in [6.07, 6.45) is 5.63. The van der Waals surface area contributed by atoms with E-state index in [2.05, 4.69) is 15.9 Å². The number of hydrogen-bond donors (Lipinski definition) is 0. The fourth-order valence-electron chi connectivity index (χ4n) is 3.11. The Balaban J connectivity index is 1.47. The van der Waals surface area contributed by atoms with Crippen LogP contribution >= 0.6 is 15.9 Å². The van der Waals surface area contributed by atoms with E-state index in [-0.39, 0.29) is 11.5 Å². The standard InChI is InChI=1S/C25H19BrO4/c1-28-22-12-9-19(26)14-18(22)15-24-25(27)21-11-10-20(16-23(21)30-24)29-13-5-8-17-6-3-2-4-7-17/h2-12,14-16H,13H2,1H3. The molecule has 0 saturated carbocycles. The van der Waals surface area contributed by atoms with Crippen LogP contribution in [-0.4, -0.2) is 19.5 Å². The number of benzene rings is 3. The molecule has 30 heavy (non-hydrogen) atoms. The van der Waals surface area contributed by atoms with Gasteiger partial charge in [-0.25, -0.2) is 0 Å². The normalized spacial score (nSPS) is 14.1. The highest BCUT2D eigenvalue weighted by molar-refractivity contribution is 9.10. The Bertz CT molecular complexity index is 1130. The fourth-order valence-corrected chi connectivity index (χ4v) is 3.49. The largest absolute Gasteiger partial charge is 0.496 e. The second-order valence-electron chi connectivity index (χ2n) is 6.61. The molecule has 1 aliphatic heterocycles. The molecule has 0 radical (unpaired) electrons. The molecule has 0 atom stereocenters.